The molecule has 0 spiro atoms. The van der Waals surface area contributed by atoms with Gasteiger partial charge in [0, 0.05) is 33.1 Å². The van der Waals surface area contributed by atoms with Gasteiger partial charge in [-0.05, 0) is 59.7 Å². The van der Waals surface area contributed by atoms with Crippen molar-refractivity contribution in [3.05, 3.63) is 138 Å². The summed E-state index contributed by atoms with van der Waals surface area (Å²) in [6.07, 6.45) is 7.88. The SMILES string of the molecule is [2H]C(C)(c1ccnc(-c2[c-]ccc3c2oc2ccc(-c4ccccc4)cc23)c1)C1CCCCC1.[2H]C([2H])([2H])c1c[c-]c(-c2cc(C([2H])([2H])C(C)(C)C)[c]([Ge]([CH3])([CH3])[CH3])cn2)c(F)c1.[Ir]. The first kappa shape index (κ1) is 35.1. The number of nitrogens with zero attached hydrogens (tertiary/aromatic N) is 2. The largest absolute Gasteiger partial charge is 0 e. The van der Waals surface area contributed by atoms with Crippen LogP contribution in [0, 0.1) is 36.1 Å². The molecule has 1 radical (unpaired) electrons. The summed E-state index contributed by atoms with van der Waals surface area (Å²) in [5.41, 5.74) is 6.77. The Hall–Kier alpha value is -3.90. The van der Waals surface area contributed by atoms with Crippen LogP contribution < -0.4 is 4.40 Å². The molecule has 1 fully saturated rings. The minimum Gasteiger partial charge on any atom is 0 e. The van der Waals surface area contributed by atoms with Crippen molar-refractivity contribution in [3.63, 3.8) is 0 Å². The summed E-state index contributed by atoms with van der Waals surface area (Å²) in [7, 11) is 0. The number of fused-ring (bicyclic) bond motifs is 3. The number of halogens is 1. The molecule has 1 aliphatic rings. The Morgan fingerprint density at radius 3 is 2.35 bits per heavy atom. The van der Waals surface area contributed by atoms with E-state index in [-0.39, 0.29) is 36.9 Å². The number of benzene rings is 4. The average molecular weight is 1000 g/mol. The van der Waals surface area contributed by atoms with Crippen molar-refractivity contribution in [3.8, 4) is 33.6 Å². The smallest absolute Gasteiger partial charge is 0 e. The molecule has 1 atom stereocenters. The maximum absolute atomic E-state index is 14.7. The molecule has 0 N–H and O–H groups in total. The van der Waals surface area contributed by atoms with Gasteiger partial charge in [0.05, 0.1) is 5.58 Å². The molecular weight excluding hydrogens is 940 g/mol. The number of furan rings is 1. The van der Waals surface area contributed by atoms with Crippen LogP contribution in [0.25, 0.3) is 55.6 Å². The fourth-order valence-corrected chi connectivity index (χ4v) is 10.6. The first-order valence-corrected chi connectivity index (χ1v) is 27.0. The van der Waals surface area contributed by atoms with Crippen LogP contribution >= 0.6 is 0 Å². The number of hydrogen-bond donors (Lipinski definition) is 0. The Kier molecular flexibility index (Phi) is 11.0. The fourth-order valence-electron chi connectivity index (χ4n) is 7.69. The number of aryl methyl sites for hydroxylation is 1. The van der Waals surface area contributed by atoms with Crippen molar-refractivity contribution in [1.82, 2.24) is 9.97 Å². The van der Waals surface area contributed by atoms with E-state index in [0.29, 0.717) is 11.5 Å². The molecule has 3 aromatic heterocycles. The molecule has 4 aromatic carbocycles. The van der Waals surface area contributed by atoms with Gasteiger partial charge in [0.15, 0.2) is 0 Å². The predicted octanol–water partition coefficient (Wildman–Crippen LogP) is 13.9. The van der Waals surface area contributed by atoms with Gasteiger partial charge in [-0.15, -0.1) is 18.2 Å². The van der Waals surface area contributed by atoms with Crippen molar-refractivity contribution in [1.29, 1.82) is 0 Å². The number of hydrogen-bond acceptors (Lipinski definition) is 3. The summed E-state index contributed by atoms with van der Waals surface area (Å²) in [4.78, 5) is 9.07. The van der Waals surface area contributed by atoms with Gasteiger partial charge < -0.3 is 9.40 Å². The number of pyridine rings is 2. The van der Waals surface area contributed by atoms with Crippen LogP contribution in [-0.4, -0.2) is 23.2 Å². The Morgan fingerprint density at radius 2 is 1.65 bits per heavy atom. The van der Waals surface area contributed by atoms with Crippen molar-refractivity contribution in [2.24, 2.45) is 11.3 Å². The van der Waals surface area contributed by atoms with Crippen LogP contribution in [0.4, 0.5) is 4.39 Å². The van der Waals surface area contributed by atoms with Crippen molar-refractivity contribution in [2.45, 2.75) is 96.2 Å². The molecule has 3 nitrogen and oxygen atoms in total. The van der Waals surface area contributed by atoms with E-state index >= 15 is 0 Å². The van der Waals surface area contributed by atoms with E-state index in [1.54, 1.807) is 12.3 Å². The van der Waals surface area contributed by atoms with Gasteiger partial charge in [0.2, 0.25) is 0 Å². The first-order chi connectivity index (χ1) is 29.1. The van der Waals surface area contributed by atoms with E-state index in [1.165, 1.54) is 36.5 Å². The van der Waals surface area contributed by atoms with Gasteiger partial charge in [-0.1, -0.05) is 85.2 Å². The topological polar surface area (TPSA) is 38.9 Å². The second-order valence-electron chi connectivity index (χ2n) is 17.1. The zero-order chi connectivity index (χ0) is 44.8. The van der Waals surface area contributed by atoms with Crippen molar-refractivity contribution < 1.29 is 37.1 Å². The van der Waals surface area contributed by atoms with Gasteiger partial charge in [-0.2, -0.15) is 0 Å². The zero-order valence-electron chi connectivity index (χ0n) is 39.9. The van der Waals surface area contributed by atoms with E-state index in [9.17, 15) is 5.76 Å². The Balaban J connectivity index is 0.000000211. The predicted molar refractivity (Wildman–Crippen MR) is 236 cm³/mol. The molecule has 1 saturated carbocycles. The molecule has 8 rings (SSSR count). The monoisotopic (exact) mass is 1000 g/mol. The molecule has 6 heteroatoms. The molecule has 0 amide bonds. The van der Waals surface area contributed by atoms with E-state index in [1.807, 2.05) is 45.2 Å². The Morgan fingerprint density at radius 1 is 0.895 bits per heavy atom. The zero-order valence-corrected chi connectivity index (χ0v) is 38.4. The summed E-state index contributed by atoms with van der Waals surface area (Å²) in [5, 5.41) is 2.16. The summed E-state index contributed by atoms with van der Waals surface area (Å²) in [5.74, 6) is 5.53. The summed E-state index contributed by atoms with van der Waals surface area (Å²) in [6.45, 7) is 5.17. The van der Waals surface area contributed by atoms with Gasteiger partial charge >= 0.3 is 149 Å². The van der Waals surface area contributed by atoms with Crippen LogP contribution in [0.3, 0.4) is 0 Å². The van der Waals surface area contributed by atoms with Gasteiger partial charge in [-0.25, -0.2) is 0 Å². The molecule has 0 saturated heterocycles. The van der Waals surface area contributed by atoms with Gasteiger partial charge in [-0.3, -0.25) is 0 Å². The minimum atomic E-state index is -2.47. The van der Waals surface area contributed by atoms with Gasteiger partial charge in [0.1, 0.15) is 5.58 Å². The third-order valence-electron chi connectivity index (χ3n) is 10.6. The van der Waals surface area contributed by atoms with E-state index < -0.39 is 43.6 Å². The van der Waals surface area contributed by atoms with Crippen LogP contribution in [-0.2, 0) is 26.5 Å². The van der Waals surface area contributed by atoms with E-state index in [2.05, 4.69) is 101 Å². The minimum absolute atomic E-state index is 0. The molecular formula is C51H55FGeIrN2O-2. The van der Waals surface area contributed by atoms with Gasteiger partial charge in [0.25, 0.3) is 0 Å². The standard InChI is InChI=1S/C31H28NO.C20H27FGeN.Ir/c1-21(22-9-4-2-5-10-22)24-17-18-32-29(20-24)27-14-8-13-26-28-19-25(23-11-6-3-7-12-23)15-16-30(28)33-31(26)27;1-14-8-9-16(17(21)10-14)19-11-15(12-20(2,3)4)18(13-23-19)22(5,6)7;/h3,6-8,11-13,15-22H,2,4-5,9-10H2,1H3;8,10-11,13H,12H2,1-7H3;/q2*-1;/i21D;1D3,12D2;. The number of aromatic nitrogens is 2. The molecule has 3 heterocycles. The molecule has 297 valence electrons. The summed E-state index contributed by atoms with van der Waals surface area (Å²) in [6, 6.07) is 34.8. The third kappa shape index (κ3) is 10.0. The van der Waals surface area contributed by atoms with Crippen LogP contribution in [0.5, 0.6) is 0 Å². The Bertz CT molecular complexity index is 2720. The van der Waals surface area contributed by atoms with E-state index in [4.69, 9.17) is 11.3 Å². The average Bonchev–Trinajstić information content (AvgIpc) is 3.61. The second-order valence-corrected chi connectivity index (χ2v) is 27.6. The first-order valence-electron chi connectivity index (χ1n) is 22.7. The molecule has 1 unspecified atom stereocenters. The normalized spacial score (nSPS) is 16.8. The quantitative estimate of drug-likeness (QED) is 0.118. The van der Waals surface area contributed by atoms with Crippen molar-refractivity contribution in [2.75, 3.05) is 0 Å². The van der Waals surface area contributed by atoms with E-state index in [0.717, 1.165) is 62.1 Å². The second kappa shape index (κ2) is 17.9. The maximum Gasteiger partial charge on any atom is 0 e. The molecule has 0 aliphatic heterocycles. The van der Waals surface area contributed by atoms with Crippen LogP contribution in [0.1, 0.15) is 90.6 Å². The molecule has 7 aromatic rings. The van der Waals surface area contributed by atoms with Crippen LogP contribution in [0.2, 0.25) is 17.3 Å². The number of rotatable bonds is 7. The summed E-state index contributed by atoms with van der Waals surface area (Å²) >= 11 is -2.47. The Labute approximate surface area is 364 Å². The molecule has 57 heavy (non-hydrogen) atoms. The van der Waals surface area contributed by atoms with Crippen molar-refractivity contribution >= 4 is 39.6 Å². The third-order valence-corrected chi connectivity index (χ3v) is 14.8. The molecule has 0 bridgehead atoms. The fraction of sp³-hybridized carbons (Fsp3) is 0.333. The summed E-state index contributed by atoms with van der Waals surface area (Å²) < 4.78 is 70.9. The molecule has 1 aliphatic carbocycles. The van der Waals surface area contributed by atoms with Crippen LogP contribution in [0.15, 0.2) is 108 Å². The maximum atomic E-state index is 14.7.